The molecule has 0 saturated heterocycles. The molecule has 0 fully saturated rings. The molecular formula is C11H8N2O8. The molecule has 21 heavy (non-hydrogen) atoms. The Morgan fingerprint density at radius 2 is 1.57 bits per heavy atom. The average molecular weight is 296 g/mol. The van der Waals surface area contributed by atoms with Crippen LogP contribution in [0.15, 0.2) is 30.5 Å². The second-order valence-corrected chi connectivity index (χ2v) is 3.56. The van der Waals surface area contributed by atoms with Crippen LogP contribution in [-0.2, 0) is 14.3 Å². The summed E-state index contributed by atoms with van der Waals surface area (Å²) in [6.45, 7) is 3.12. The Morgan fingerprint density at radius 1 is 1.10 bits per heavy atom. The van der Waals surface area contributed by atoms with E-state index in [1.165, 1.54) is 0 Å². The fourth-order valence-corrected chi connectivity index (χ4v) is 1.25. The van der Waals surface area contributed by atoms with Gasteiger partial charge in [-0.2, -0.15) is 0 Å². The predicted molar refractivity (Wildman–Crippen MR) is 66.3 cm³/mol. The van der Waals surface area contributed by atoms with E-state index in [1.807, 2.05) is 0 Å². The molecule has 0 amide bonds. The van der Waals surface area contributed by atoms with Crippen LogP contribution < -0.4 is 0 Å². The molecule has 110 valence electrons. The van der Waals surface area contributed by atoms with Gasteiger partial charge in [-0.25, -0.2) is 9.59 Å². The van der Waals surface area contributed by atoms with Gasteiger partial charge < -0.3 is 9.47 Å². The van der Waals surface area contributed by atoms with E-state index in [2.05, 4.69) is 16.1 Å². The number of methoxy groups -OCH3 is 1. The normalized spacial score (nSPS) is 9.57. The standard InChI is InChI=1S/C11H8N2O8/c1-6(10(14)20-2)21-11(15)7-3-8(12(16)17)5-9(4-7)13(18)19/h3-5H,1H2,2H3. The molecule has 1 rings (SSSR count). The fraction of sp³-hybridized carbons (Fsp3) is 0.0909. The highest BCUT2D eigenvalue weighted by Gasteiger charge is 2.22. The quantitative estimate of drug-likeness (QED) is 0.261. The first-order valence-corrected chi connectivity index (χ1v) is 5.19. The van der Waals surface area contributed by atoms with Crippen molar-refractivity contribution in [2.75, 3.05) is 7.11 Å². The summed E-state index contributed by atoms with van der Waals surface area (Å²) in [7, 11) is 1.03. The Labute approximate surface area is 116 Å². The summed E-state index contributed by atoms with van der Waals surface area (Å²) in [6, 6.07) is 2.24. The van der Waals surface area contributed by atoms with Gasteiger partial charge in [0.2, 0.25) is 5.76 Å². The molecule has 0 saturated carbocycles. The first-order valence-electron chi connectivity index (χ1n) is 5.19. The summed E-state index contributed by atoms with van der Waals surface area (Å²) in [5, 5.41) is 21.3. The number of rotatable bonds is 5. The van der Waals surface area contributed by atoms with Crippen molar-refractivity contribution in [1.29, 1.82) is 0 Å². The van der Waals surface area contributed by atoms with Crippen molar-refractivity contribution >= 4 is 23.3 Å². The third-order valence-corrected chi connectivity index (χ3v) is 2.19. The topological polar surface area (TPSA) is 139 Å². The maximum Gasteiger partial charge on any atom is 0.373 e. The zero-order valence-corrected chi connectivity index (χ0v) is 10.6. The van der Waals surface area contributed by atoms with Crippen LogP contribution in [0.3, 0.4) is 0 Å². The number of nitro benzene ring substituents is 2. The molecule has 10 nitrogen and oxygen atoms in total. The predicted octanol–water partition coefficient (Wildman–Crippen LogP) is 1.35. The van der Waals surface area contributed by atoms with E-state index in [0.717, 1.165) is 19.2 Å². The minimum absolute atomic E-state index is 0.471. The summed E-state index contributed by atoms with van der Waals surface area (Å²) < 4.78 is 8.75. The van der Waals surface area contributed by atoms with Crippen molar-refractivity contribution < 1.29 is 28.9 Å². The highest BCUT2D eigenvalue weighted by molar-refractivity contribution is 5.96. The van der Waals surface area contributed by atoms with Gasteiger partial charge in [-0.05, 0) is 6.58 Å². The number of nitrogens with zero attached hydrogens (tertiary/aromatic N) is 2. The first kappa shape index (κ1) is 15.8. The van der Waals surface area contributed by atoms with Crippen molar-refractivity contribution in [1.82, 2.24) is 0 Å². The minimum atomic E-state index is -1.21. The number of ether oxygens (including phenoxy) is 2. The zero-order valence-electron chi connectivity index (χ0n) is 10.6. The molecule has 1 aromatic rings. The third kappa shape index (κ3) is 3.83. The van der Waals surface area contributed by atoms with Crippen LogP contribution >= 0.6 is 0 Å². The van der Waals surface area contributed by atoms with E-state index in [0.29, 0.717) is 6.07 Å². The van der Waals surface area contributed by atoms with E-state index in [4.69, 9.17) is 0 Å². The maximum absolute atomic E-state index is 11.7. The van der Waals surface area contributed by atoms with E-state index >= 15 is 0 Å². The van der Waals surface area contributed by atoms with E-state index in [1.54, 1.807) is 0 Å². The summed E-state index contributed by atoms with van der Waals surface area (Å²) in [6.07, 6.45) is 0. The molecule has 0 bridgehead atoms. The number of hydrogen-bond donors (Lipinski definition) is 0. The molecule has 0 atom stereocenters. The highest BCUT2D eigenvalue weighted by atomic mass is 16.6. The number of hydrogen-bond acceptors (Lipinski definition) is 8. The van der Waals surface area contributed by atoms with Crippen LogP contribution in [0.5, 0.6) is 0 Å². The zero-order chi connectivity index (χ0) is 16.2. The molecule has 0 aliphatic rings. The van der Waals surface area contributed by atoms with Crippen molar-refractivity contribution in [3.63, 3.8) is 0 Å². The summed E-state index contributed by atoms with van der Waals surface area (Å²) in [5.74, 6) is -2.89. The Hall–Kier alpha value is -3.30. The number of carbonyl (C=O) groups excluding carboxylic acids is 2. The molecule has 0 aromatic heterocycles. The summed E-state index contributed by atoms with van der Waals surface area (Å²) in [4.78, 5) is 42.2. The Bertz CT molecular complexity index is 619. The van der Waals surface area contributed by atoms with Crippen molar-refractivity contribution in [2.45, 2.75) is 0 Å². The van der Waals surface area contributed by atoms with Gasteiger partial charge in [-0.15, -0.1) is 0 Å². The van der Waals surface area contributed by atoms with Gasteiger partial charge in [0, 0.05) is 12.1 Å². The molecule has 0 aliphatic heterocycles. The van der Waals surface area contributed by atoms with Crippen molar-refractivity contribution in [2.24, 2.45) is 0 Å². The average Bonchev–Trinajstić information content (AvgIpc) is 2.45. The van der Waals surface area contributed by atoms with E-state index < -0.39 is 44.5 Å². The van der Waals surface area contributed by atoms with Gasteiger partial charge >= 0.3 is 11.9 Å². The molecule has 10 heteroatoms. The largest absolute Gasteiger partial charge is 0.463 e. The van der Waals surface area contributed by atoms with Crippen LogP contribution in [0.1, 0.15) is 10.4 Å². The van der Waals surface area contributed by atoms with E-state index in [9.17, 15) is 29.8 Å². The van der Waals surface area contributed by atoms with Crippen molar-refractivity contribution in [3.05, 3.63) is 56.3 Å². The van der Waals surface area contributed by atoms with Crippen LogP contribution in [-0.4, -0.2) is 28.9 Å². The molecule has 0 aliphatic carbocycles. The summed E-state index contributed by atoms with van der Waals surface area (Å²) >= 11 is 0. The maximum atomic E-state index is 11.7. The number of nitro groups is 2. The first-order chi connectivity index (χ1) is 9.76. The molecule has 0 radical (unpaired) electrons. The van der Waals surface area contributed by atoms with Gasteiger partial charge in [0.1, 0.15) is 0 Å². The lowest BCUT2D eigenvalue weighted by Gasteiger charge is -2.05. The number of benzene rings is 1. The smallest absolute Gasteiger partial charge is 0.373 e. The van der Waals surface area contributed by atoms with Crippen LogP contribution in [0, 0.1) is 20.2 Å². The Balaban J connectivity index is 3.14. The SMILES string of the molecule is C=C(OC(=O)c1cc([N+](=O)[O-])cc([N+](=O)[O-])c1)C(=O)OC. The van der Waals surface area contributed by atoms with Gasteiger partial charge in [0.25, 0.3) is 11.4 Å². The van der Waals surface area contributed by atoms with Crippen LogP contribution in [0.2, 0.25) is 0 Å². The lowest BCUT2D eigenvalue weighted by Crippen LogP contribution is -2.13. The summed E-state index contributed by atoms with van der Waals surface area (Å²) in [5.41, 5.74) is -1.80. The molecule has 0 heterocycles. The monoisotopic (exact) mass is 296 g/mol. The van der Waals surface area contributed by atoms with Gasteiger partial charge in [-0.1, -0.05) is 0 Å². The second-order valence-electron chi connectivity index (χ2n) is 3.56. The molecule has 0 N–H and O–H groups in total. The van der Waals surface area contributed by atoms with Crippen LogP contribution in [0.25, 0.3) is 0 Å². The number of non-ortho nitro benzene ring substituents is 2. The van der Waals surface area contributed by atoms with Gasteiger partial charge in [0.05, 0.1) is 28.6 Å². The van der Waals surface area contributed by atoms with E-state index in [-0.39, 0.29) is 0 Å². The fourth-order valence-electron chi connectivity index (χ4n) is 1.25. The van der Waals surface area contributed by atoms with Crippen molar-refractivity contribution in [3.8, 4) is 0 Å². The third-order valence-electron chi connectivity index (χ3n) is 2.19. The molecular weight excluding hydrogens is 288 g/mol. The number of esters is 2. The lowest BCUT2D eigenvalue weighted by atomic mass is 10.2. The van der Waals surface area contributed by atoms with Crippen LogP contribution in [0.4, 0.5) is 11.4 Å². The Kier molecular flexibility index (Phi) is 4.68. The lowest BCUT2D eigenvalue weighted by molar-refractivity contribution is -0.394. The molecule has 0 unspecified atom stereocenters. The Morgan fingerprint density at radius 3 is 1.95 bits per heavy atom. The molecule has 1 aromatic carbocycles. The van der Waals surface area contributed by atoms with Gasteiger partial charge in [0.15, 0.2) is 0 Å². The molecule has 0 spiro atoms. The number of carbonyl (C=O) groups is 2. The highest BCUT2D eigenvalue weighted by Crippen LogP contribution is 2.23. The second kappa shape index (κ2) is 6.23. The minimum Gasteiger partial charge on any atom is -0.463 e. The van der Waals surface area contributed by atoms with Gasteiger partial charge in [-0.3, -0.25) is 20.2 Å².